The van der Waals surface area contributed by atoms with Crippen molar-refractivity contribution >= 4 is 0 Å². The van der Waals surface area contributed by atoms with Crippen molar-refractivity contribution in [2.24, 2.45) is 5.92 Å². The van der Waals surface area contributed by atoms with Crippen molar-refractivity contribution in [1.82, 2.24) is 15.3 Å². The molecule has 1 aromatic heterocycles. The number of rotatable bonds is 7. The van der Waals surface area contributed by atoms with E-state index in [0.29, 0.717) is 11.8 Å². The van der Waals surface area contributed by atoms with Crippen LogP contribution in [0.15, 0.2) is 6.20 Å². The van der Waals surface area contributed by atoms with Crippen molar-refractivity contribution in [3.63, 3.8) is 0 Å². The average molecular weight is 293 g/mol. The largest absolute Gasteiger partial charge is 0.490 e. The summed E-state index contributed by atoms with van der Waals surface area (Å²) in [6.45, 7) is 10.4. The molecule has 1 aromatic rings. The zero-order valence-electron chi connectivity index (χ0n) is 13.4. The molecule has 1 fully saturated rings. The lowest BCUT2D eigenvalue weighted by molar-refractivity contribution is 0.0494. The van der Waals surface area contributed by atoms with Gasteiger partial charge in [-0.2, -0.15) is 0 Å². The molecule has 118 valence electrons. The zero-order chi connectivity index (χ0) is 15.1. The van der Waals surface area contributed by atoms with Gasteiger partial charge in [0.05, 0.1) is 18.5 Å². The number of ether oxygens (including phenoxy) is 2. The standard InChI is InChI=1S/C16H27N3O2/c1-4-17-9-14-15(10-18-16(19-14)12(2)3)21-11-13-5-7-20-8-6-13/h10,12-13,17H,4-9,11H2,1-3H3. The molecule has 0 atom stereocenters. The molecule has 1 saturated heterocycles. The number of nitrogens with zero attached hydrogens (tertiary/aromatic N) is 2. The van der Waals surface area contributed by atoms with Crippen LogP contribution in [0.1, 0.15) is 51.0 Å². The molecule has 21 heavy (non-hydrogen) atoms. The van der Waals surface area contributed by atoms with Gasteiger partial charge in [-0.25, -0.2) is 9.97 Å². The van der Waals surface area contributed by atoms with Crippen LogP contribution in [-0.2, 0) is 11.3 Å². The van der Waals surface area contributed by atoms with Crippen molar-refractivity contribution in [3.05, 3.63) is 17.7 Å². The highest BCUT2D eigenvalue weighted by Crippen LogP contribution is 2.21. The molecule has 0 spiro atoms. The van der Waals surface area contributed by atoms with Crippen LogP contribution in [0.2, 0.25) is 0 Å². The van der Waals surface area contributed by atoms with Crippen LogP contribution in [0.4, 0.5) is 0 Å². The summed E-state index contributed by atoms with van der Waals surface area (Å²) in [5.41, 5.74) is 0.961. The Bertz CT molecular complexity index is 432. The van der Waals surface area contributed by atoms with Gasteiger partial charge in [0.15, 0.2) is 5.75 Å². The maximum Gasteiger partial charge on any atom is 0.160 e. The molecule has 0 unspecified atom stereocenters. The van der Waals surface area contributed by atoms with Crippen LogP contribution in [-0.4, -0.2) is 36.3 Å². The monoisotopic (exact) mass is 293 g/mol. The summed E-state index contributed by atoms with van der Waals surface area (Å²) >= 11 is 0. The molecule has 2 rings (SSSR count). The Morgan fingerprint density at radius 1 is 1.38 bits per heavy atom. The lowest BCUT2D eigenvalue weighted by Gasteiger charge is -2.22. The maximum atomic E-state index is 5.99. The van der Waals surface area contributed by atoms with Crippen molar-refractivity contribution in [2.75, 3.05) is 26.4 Å². The van der Waals surface area contributed by atoms with Gasteiger partial charge in [-0.3, -0.25) is 0 Å². The van der Waals surface area contributed by atoms with E-state index in [1.54, 1.807) is 0 Å². The maximum absolute atomic E-state index is 5.99. The summed E-state index contributed by atoms with van der Waals surface area (Å²) in [6, 6.07) is 0. The molecule has 0 amide bonds. The number of aromatic nitrogens is 2. The Kier molecular flexibility index (Phi) is 6.39. The third-order valence-corrected chi connectivity index (χ3v) is 3.72. The van der Waals surface area contributed by atoms with Crippen LogP contribution in [0.3, 0.4) is 0 Å². The van der Waals surface area contributed by atoms with Crippen molar-refractivity contribution in [3.8, 4) is 5.75 Å². The summed E-state index contributed by atoms with van der Waals surface area (Å²) in [5.74, 6) is 2.60. The van der Waals surface area contributed by atoms with E-state index in [1.807, 2.05) is 6.20 Å². The third-order valence-electron chi connectivity index (χ3n) is 3.72. The minimum atomic E-state index is 0.329. The molecule has 1 aliphatic heterocycles. The molecule has 5 heteroatoms. The first-order valence-electron chi connectivity index (χ1n) is 7.97. The highest BCUT2D eigenvalue weighted by atomic mass is 16.5. The fourth-order valence-electron chi connectivity index (χ4n) is 2.31. The van der Waals surface area contributed by atoms with E-state index in [4.69, 9.17) is 9.47 Å². The quantitative estimate of drug-likeness (QED) is 0.837. The van der Waals surface area contributed by atoms with Crippen molar-refractivity contribution in [1.29, 1.82) is 0 Å². The van der Waals surface area contributed by atoms with E-state index in [9.17, 15) is 0 Å². The molecule has 0 radical (unpaired) electrons. The smallest absolute Gasteiger partial charge is 0.160 e. The Morgan fingerprint density at radius 3 is 2.81 bits per heavy atom. The Hall–Kier alpha value is -1.20. The van der Waals surface area contributed by atoms with Crippen LogP contribution in [0.5, 0.6) is 5.75 Å². The normalized spacial score (nSPS) is 16.4. The highest BCUT2D eigenvalue weighted by molar-refractivity contribution is 5.25. The lowest BCUT2D eigenvalue weighted by atomic mass is 10.0. The Morgan fingerprint density at radius 2 is 2.14 bits per heavy atom. The number of hydrogen-bond acceptors (Lipinski definition) is 5. The third kappa shape index (κ3) is 4.93. The number of nitrogens with one attached hydrogen (secondary N) is 1. The summed E-state index contributed by atoms with van der Waals surface area (Å²) < 4.78 is 11.4. The van der Waals surface area contributed by atoms with Crippen LogP contribution < -0.4 is 10.1 Å². The second kappa shape index (κ2) is 8.29. The lowest BCUT2D eigenvalue weighted by Crippen LogP contribution is -2.22. The van der Waals surface area contributed by atoms with Gasteiger partial charge < -0.3 is 14.8 Å². The van der Waals surface area contributed by atoms with Gasteiger partial charge in [0.2, 0.25) is 0 Å². The SMILES string of the molecule is CCNCc1nc(C(C)C)ncc1OCC1CCOCC1. The van der Waals surface area contributed by atoms with E-state index >= 15 is 0 Å². The molecular formula is C16H27N3O2. The Balaban J connectivity index is 2.01. The molecule has 0 aromatic carbocycles. The van der Waals surface area contributed by atoms with Crippen molar-refractivity contribution in [2.45, 2.75) is 46.1 Å². The minimum absolute atomic E-state index is 0.329. The minimum Gasteiger partial charge on any atom is -0.490 e. The van der Waals surface area contributed by atoms with Gasteiger partial charge in [-0.15, -0.1) is 0 Å². The van der Waals surface area contributed by atoms with E-state index in [1.165, 1.54) is 0 Å². The van der Waals surface area contributed by atoms with Gasteiger partial charge in [-0.1, -0.05) is 20.8 Å². The topological polar surface area (TPSA) is 56.3 Å². The second-order valence-electron chi connectivity index (χ2n) is 5.84. The van der Waals surface area contributed by atoms with E-state index < -0.39 is 0 Å². The first-order valence-corrected chi connectivity index (χ1v) is 7.97. The fourth-order valence-corrected chi connectivity index (χ4v) is 2.31. The van der Waals surface area contributed by atoms with E-state index in [0.717, 1.165) is 63.0 Å². The van der Waals surface area contributed by atoms with E-state index in [2.05, 4.69) is 36.1 Å². The summed E-state index contributed by atoms with van der Waals surface area (Å²) in [6.07, 6.45) is 3.98. The highest BCUT2D eigenvalue weighted by Gasteiger charge is 2.16. The van der Waals surface area contributed by atoms with Gasteiger partial charge >= 0.3 is 0 Å². The van der Waals surface area contributed by atoms with Crippen molar-refractivity contribution < 1.29 is 9.47 Å². The predicted molar refractivity (Wildman–Crippen MR) is 82.5 cm³/mol. The molecule has 0 bridgehead atoms. The van der Waals surface area contributed by atoms with Crippen LogP contribution in [0.25, 0.3) is 0 Å². The predicted octanol–water partition coefficient (Wildman–Crippen LogP) is 2.51. The zero-order valence-corrected chi connectivity index (χ0v) is 13.4. The van der Waals surface area contributed by atoms with Gasteiger partial charge in [0.25, 0.3) is 0 Å². The molecule has 1 N–H and O–H groups in total. The van der Waals surface area contributed by atoms with Gasteiger partial charge in [0.1, 0.15) is 5.82 Å². The number of hydrogen-bond donors (Lipinski definition) is 1. The van der Waals surface area contributed by atoms with Crippen LogP contribution >= 0.6 is 0 Å². The molecule has 0 saturated carbocycles. The van der Waals surface area contributed by atoms with Gasteiger partial charge in [0, 0.05) is 25.7 Å². The first kappa shape index (κ1) is 16.2. The first-order chi connectivity index (χ1) is 10.2. The van der Waals surface area contributed by atoms with E-state index in [-0.39, 0.29) is 0 Å². The summed E-state index contributed by atoms with van der Waals surface area (Å²) in [4.78, 5) is 9.07. The summed E-state index contributed by atoms with van der Waals surface area (Å²) in [7, 11) is 0. The van der Waals surface area contributed by atoms with Gasteiger partial charge in [-0.05, 0) is 25.3 Å². The second-order valence-corrected chi connectivity index (χ2v) is 5.84. The van der Waals surface area contributed by atoms with Crippen LogP contribution in [0, 0.1) is 5.92 Å². The molecule has 2 heterocycles. The average Bonchev–Trinajstić information content (AvgIpc) is 2.52. The fraction of sp³-hybridized carbons (Fsp3) is 0.750. The molecular weight excluding hydrogens is 266 g/mol. The molecule has 1 aliphatic rings. The molecule has 0 aliphatic carbocycles. The summed E-state index contributed by atoms with van der Waals surface area (Å²) in [5, 5.41) is 3.32. The molecule has 5 nitrogen and oxygen atoms in total. The Labute approximate surface area is 127 Å².